The molecular weight excluding hydrogens is 463 g/mol. The van der Waals surface area contributed by atoms with E-state index in [2.05, 4.69) is 20.4 Å². The molecule has 0 saturated heterocycles. The van der Waals surface area contributed by atoms with E-state index in [0.29, 0.717) is 21.5 Å². The van der Waals surface area contributed by atoms with Gasteiger partial charge in [-0.15, -0.1) is 10.2 Å². The summed E-state index contributed by atoms with van der Waals surface area (Å²) in [5, 5.41) is 19.1. The number of rotatable bonds is 7. The van der Waals surface area contributed by atoms with Gasteiger partial charge >= 0.3 is 0 Å². The first-order valence-electron chi connectivity index (χ1n) is 10.5. The lowest BCUT2D eigenvalue weighted by molar-refractivity contribution is 1.23. The van der Waals surface area contributed by atoms with Crippen molar-refractivity contribution in [3.05, 3.63) is 141 Å². The first-order chi connectivity index (χ1) is 16.7. The highest BCUT2D eigenvalue weighted by atomic mass is 35.5. The van der Waals surface area contributed by atoms with E-state index in [-0.39, 0.29) is 0 Å². The second kappa shape index (κ2) is 11.8. The van der Waals surface area contributed by atoms with E-state index >= 15 is 0 Å². The van der Waals surface area contributed by atoms with Gasteiger partial charge in [0, 0.05) is 21.2 Å². The molecule has 4 nitrogen and oxygen atoms in total. The Labute approximate surface area is 208 Å². The zero-order chi connectivity index (χ0) is 23.6. The Balaban J connectivity index is 1.78. The zero-order valence-corrected chi connectivity index (χ0v) is 19.6. The molecule has 0 atom stereocenters. The molecule has 0 aromatic heterocycles. The van der Waals surface area contributed by atoms with Crippen molar-refractivity contribution in [2.24, 2.45) is 20.4 Å². The minimum Gasteiger partial charge on any atom is -0.158 e. The second-order valence-corrected chi connectivity index (χ2v) is 8.10. The van der Waals surface area contributed by atoms with Gasteiger partial charge in [0.15, 0.2) is 0 Å². The third kappa shape index (κ3) is 6.58. The van der Waals surface area contributed by atoms with E-state index in [1.807, 2.05) is 109 Å². The van der Waals surface area contributed by atoms with Crippen LogP contribution in [0.4, 0.5) is 0 Å². The monoisotopic (exact) mass is 482 g/mol. The second-order valence-electron chi connectivity index (χ2n) is 7.23. The molecular formula is C28H20Cl2N4. The van der Waals surface area contributed by atoms with Crippen molar-refractivity contribution < 1.29 is 0 Å². The largest absolute Gasteiger partial charge is 0.158 e. The number of hydrogen-bond acceptors (Lipinski definition) is 4. The molecule has 0 amide bonds. The lowest BCUT2D eigenvalue weighted by atomic mass is 10.00. The summed E-state index contributed by atoms with van der Waals surface area (Å²) in [6.07, 6.45) is 3.32. The molecule has 0 aliphatic carbocycles. The van der Waals surface area contributed by atoms with Crippen LogP contribution in [0.5, 0.6) is 0 Å². The molecule has 0 N–H and O–H groups in total. The molecule has 4 rings (SSSR count). The summed E-state index contributed by atoms with van der Waals surface area (Å²) in [7, 11) is 0. The topological polar surface area (TPSA) is 49.4 Å². The molecule has 0 spiro atoms. The SMILES string of the molecule is Clc1cccc(/C=N/N=C(\C(=N/N=C/c2cccc(Cl)c2)c2ccccc2)c2ccccc2)c1. The van der Waals surface area contributed by atoms with Crippen molar-refractivity contribution in [2.75, 3.05) is 0 Å². The van der Waals surface area contributed by atoms with Gasteiger partial charge in [0.1, 0.15) is 11.4 Å². The summed E-state index contributed by atoms with van der Waals surface area (Å²) in [6.45, 7) is 0. The summed E-state index contributed by atoms with van der Waals surface area (Å²) in [5.41, 5.74) is 4.61. The maximum Gasteiger partial charge on any atom is 0.121 e. The van der Waals surface area contributed by atoms with Gasteiger partial charge in [-0.05, 0) is 35.4 Å². The van der Waals surface area contributed by atoms with Crippen LogP contribution in [0.1, 0.15) is 22.3 Å². The molecule has 166 valence electrons. The van der Waals surface area contributed by atoms with E-state index < -0.39 is 0 Å². The Morgan fingerprint density at radius 1 is 0.500 bits per heavy atom. The maximum absolute atomic E-state index is 6.09. The van der Waals surface area contributed by atoms with Gasteiger partial charge in [0.05, 0.1) is 12.4 Å². The number of benzene rings is 4. The van der Waals surface area contributed by atoms with Gasteiger partial charge in [0.2, 0.25) is 0 Å². The van der Waals surface area contributed by atoms with Crippen LogP contribution in [0.3, 0.4) is 0 Å². The Morgan fingerprint density at radius 3 is 1.29 bits per heavy atom. The van der Waals surface area contributed by atoms with E-state index in [1.54, 1.807) is 12.4 Å². The van der Waals surface area contributed by atoms with Gasteiger partial charge in [-0.25, -0.2) is 0 Å². The standard InChI is InChI=1S/C28H20Cl2N4/c29-25-15-7-9-21(17-25)19-31-33-27(23-11-3-1-4-12-23)28(24-13-5-2-6-14-24)34-32-20-22-10-8-16-26(30)18-22/h1-20H/b31-19+,32-20+,33-27-,34-28-. The van der Waals surface area contributed by atoms with Crippen molar-refractivity contribution in [2.45, 2.75) is 0 Å². The van der Waals surface area contributed by atoms with Crippen molar-refractivity contribution >= 4 is 47.1 Å². The summed E-state index contributed by atoms with van der Waals surface area (Å²) >= 11 is 12.2. The average Bonchev–Trinajstić information content (AvgIpc) is 2.86. The van der Waals surface area contributed by atoms with Crippen molar-refractivity contribution in [1.29, 1.82) is 0 Å². The minimum absolute atomic E-state index is 0.591. The van der Waals surface area contributed by atoms with E-state index in [1.165, 1.54) is 0 Å². The highest BCUT2D eigenvalue weighted by Crippen LogP contribution is 2.13. The highest BCUT2D eigenvalue weighted by molar-refractivity contribution is 6.53. The summed E-state index contributed by atoms with van der Waals surface area (Å²) < 4.78 is 0. The summed E-state index contributed by atoms with van der Waals surface area (Å²) in [5.74, 6) is 0. The maximum atomic E-state index is 6.09. The van der Waals surface area contributed by atoms with Crippen LogP contribution < -0.4 is 0 Å². The molecule has 0 fully saturated rings. The predicted molar refractivity (Wildman–Crippen MR) is 144 cm³/mol. The van der Waals surface area contributed by atoms with Crippen LogP contribution in [0.15, 0.2) is 130 Å². The van der Waals surface area contributed by atoms with Crippen LogP contribution in [-0.4, -0.2) is 23.9 Å². The van der Waals surface area contributed by atoms with Crippen LogP contribution in [-0.2, 0) is 0 Å². The van der Waals surface area contributed by atoms with Gasteiger partial charge in [0.25, 0.3) is 0 Å². The van der Waals surface area contributed by atoms with Gasteiger partial charge in [-0.2, -0.15) is 10.2 Å². The molecule has 0 aliphatic heterocycles. The Kier molecular flexibility index (Phi) is 8.12. The third-order valence-corrected chi connectivity index (χ3v) is 5.22. The minimum atomic E-state index is 0.591. The average molecular weight is 483 g/mol. The molecule has 6 heteroatoms. The molecule has 0 bridgehead atoms. The summed E-state index contributed by atoms with van der Waals surface area (Å²) in [6, 6.07) is 34.4. The molecule has 4 aromatic carbocycles. The van der Waals surface area contributed by atoms with Crippen LogP contribution in [0.25, 0.3) is 0 Å². The van der Waals surface area contributed by atoms with Crippen molar-refractivity contribution in [3.8, 4) is 0 Å². The van der Waals surface area contributed by atoms with E-state index in [0.717, 1.165) is 22.3 Å². The Bertz CT molecular complexity index is 1250. The first kappa shape index (κ1) is 23.3. The quantitative estimate of drug-likeness (QED) is 0.195. The lowest BCUT2D eigenvalue weighted by Gasteiger charge is -2.08. The fraction of sp³-hybridized carbons (Fsp3) is 0. The normalized spacial score (nSPS) is 12.5. The Hall–Kier alpha value is -3.86. The third-order valence-electron chi connectivity index (χ3n) is 4.75. The van der Waals surface area contributed by atoms with Gasteiger partial charge < -0.3 is 0 Å². The fourth-order valence-corrected chi connectivity index (χ4v) is 3.55. The first-order valence-corrected chi connectivity index (χ1v) is 11.3. The van der Waals surface area contributed by atoms with Gasteiger partial charge in [-0.1, -0.05) is 108 Å². The highest BCUT2D eigenvalue weighted by Gasteiger charge is 2.15. The van der Waals surface area contributed by atoms with Crippen molar-refractivity contribution in [3.63, 3.8) is 0 Å². The smallest absolute Gasteiger partial charge is 0.121 e. The van der Waals surface area contributed by atoms with Crippen LogP contribution in [0, 0.1) is 0 Å². The molecule has 4 aromatic rings. The molecule has 0 radical (unpaired) electrons. The number of hydrogen-bond donors (Lipinski definition) is 0. The van der Waals surface area contributed by atoms with Crippen LogP contribution in [0.2, 0.25) is 10.0 Å². The number of nitrogens with zero attached hydrogens (tertiary/aromatic N) is 4. The molecule has 0 saturated carbocycles. The molecule has 0 heterocycles. The zero-order valence-electron chi connectivity index (χ0n) is 18.1. The fourth-order valence-electron chi connectivity index (χ4n) is 3.16. The van der Waals surface area contributed by atoms with Crippen molar-refractivity contribution in [1.82, 2.24) is 0 Å². The summed E-state index contributed by atoms with van der Waals surface area (Å²) in [4.78, 5) is 0. The predicted octanol–water partition coefficient (Wildman–Crippen LogP) is 7.34. The number of halogens is 2. The molecule has 0 unspecified atom stereocenters. The van der Waals surface area contributed by atoms with Gasteiger partial charge in [-0.3, -0.25) is 0 Å². The van der Waals surface area contributed by atoms with E-state index in [9.17, 15) is 0 Å². The lowest BCUT2D eigenvalue weighted by Crippen LogP contribution is -2.17. The molecule has 0 aliphatic rings. The molecule has 34 heavy (non-hydrogen) atoms. The van der Waals surface area contributed by atoms with Crippen LogP contribution >= 0.6 is 23.2 Å². The Morgan fingerprint density at radius 2 is 0.912 bits per heavy atom. The van der Waals surface area contributed by atoms with E-state index in [4.69, 9.17) is 23.2 Å².